The molecule has 23 heavy (non-hydrogen) atoms. The number of aryl methyl sites for hydroxylation is 1. The van der Waals surface area contributed by atoms with Crippen molar-refractivity contribution in [2.75, 3.05) is 19.8 Å². The van der Waals surface area contributed by atoms with Crippen LogP contribution in [0.5, 0.6) is 5.88 Å². The number of ether oxygens (including phenoxy) is 2. The van der Waals surface area contributed by atoms with Crippen LogP contribution in [0.1, 0.15) is 22.6 Å². The van der Waals surface area contributed by atoms with Gasteiger partial charge in [0, 0.05) is 49.7 Å². The van der Waals surface area contributed by atoms with Crippen LogP contribution in [-0.2, 0) is 11.3 Å². The molecule has 0 aliphatic carbocycles. The van der Waals surface area contributed by atoms with E-state index in [0.717, 1.165) is 12.2 Å². The summed E-state index contributed by atoms with van der Waals surface area (Å²) >= 11 is 0. The second kappa shape index (κ2) is 7.23. The predicted octanol–water partition coefficient (Wildman–Crippen LogP) is 1.18. The third-order valence-electron chi connectivity index (χ3n) is 3.73. The number of amides is 1. The quantitative estimate of drug-likeness (QED) is 0.866. The van der Waals surface area contributed by atoms with Crippen LogP contribution in [0, 0.1) is 6.92 Å². The van der Waals surface area contributed by atoms with Crippen molar-refractivity contribution in [3.63, 3.8) is 0 Å². The Bertz CT molecular complexity index is 665. The Hall–Kier alpha value is -2.41. The molecular formula is C16H20N4O3. The summed E-state index contributed by atoms with van der Waals surface area (Å²) in [5, 5.41) is 2.89. The van der Waals surface area contributed by atoms with Gasteiger partial charge in [0.1, 0.15) is 11.9 Å². The Morgan fingerprint density at radius 3 is 3.13 bits per heavy atom. The van der Waals surface area contributed by atoms with Crippen LogP contribution in [0.4, 0.5) is 0 Å². The number of aromatic nitrogens is 3. The highest BCUT2D eigenvalue weighted by molar-refractivity contribution is 5.94. The Morgan fingerprint density at radius 1 is 1.48 bits per heavy atom. The maximum atomic E-state index is 12.2. The number of nitrogens with one attached hydrogen (secondary N) is 1. The van der Waals surface area contributed by atoms with E-state index in [2.05, 4.69) is 15.3 Å². The summed E-state index contributed by atoms with van der Waals surface area (Å²) in [4.78, 5) is 20.5. The average Bonchev–Trinajstić information content (AvgIpc) is 3.20. The van der Waals surface area contributed by atoms with Crippen LogP contribution in [-0.4, -0.2) is 46.3 Å². The number of carbonyl (C=O) groups excluding carboxylic acids is 1. The zero-order chi connectivity index (χ0) is 16.1. The molecule has 2 aromatic heterocycles. The van der Waals surface area contributed by atoms with Gasteiger partial charge in [-0.3, -0.25) is 4.79 Å². The molecule has 122 valence electrons. The average molecular weight is 316 g/mol. The molecule has 1 fully saturated rings. The lowest BCUT2D eigenvalue weighted by Crippen LogP contribution is -2.27. The van der Waals surface area contributed by atoms with E-state index in [9.17, 15) is 4.79 Å². The number of hydrogen-bond donors (Lipinski definition) is 1. The number of nitrogens with zero attached hydrogens (tertiary/aromatic N) is 3. The molecule has 1 aliphatic heterocycles. The fraction of sp³-hybridized carbons (Fsp3) is 0.438. The van der Waals surface area contributed by atoms with E-state index in [-0.39, 0.29) is 12.0 Å². The molecule has 0 saturated carbocycles. The highest BCUT2D eigenvalue weighted by atomic mass is 16.5. The van der Waals surface area contributed by atoms with Gasteiger partial charge in [0.25, 0.3) is 5.91 Å². The topological polar surface area (TPSA) is 78.3 Å². The summed E-state index contributed by atoms with van der Waals surface area (Å²) in [5.74, 6) is 1.24. The maximum absolute atomic E-state index is 12.2. The van der Waals surface area contributed by atoms with Crippen molar-refractivity contribution in [1.29, 1.82) is 0 Å². The molecule has 2 aromatic rings. The minimum Gasteiger partial charge on any atom is -0.472 e. The van der Waals surface area contributed by atoms with Crippen LogP contribution in [0.2, 0.25) is 0 Å². The Morgan fingerprint density at radius 2 is 2.39 bits per heavy atom. The van der Waals surface area contributed by atoms with Crippen molar-refractivity contribution in [2.45, 2.75) is 26.0 Å². The first kappa shape index (κ1) is 15.5. The summed E-state index contributed by atoms with van der Waals surface area (Å²) < 4.78 is 13.0. The normalized spacial score (nSPS) is 17.2. The molecule has 0 bridgehead atoms. The van der Waals surface area contributed by atoms with Crippen molar-refractivity contribution < 1.29 is 14.3 Å². The molecule has 1 amide bonds. The van der Waals surface area contributed by atoms with Crippen LogP contribution in [0.3, 0.4) is 0 Å². The summed E-state index contributed by atoms with van der Waals surface area (Å²) in [5.41, 5.74) is 0.538. The second-order valence-corrected chi connectivity index (χ2v) is 5.41. The van der Waals surface area contributed by atoms with Gasteiger partial charge in [-0.1, -0.05) is 0 Å². The lowest BCUT2D eigenvalue weighted by molar-refractivity contribution is 0.0950. The number of imidazole rings is 1. The molecular weight excluding hydrogens is 296 g/mol. The monoisotopic (exact) mass is 316 g/mol. The largest absolute Gasteiger partial charge is 0.472 e. The second-order valence-electron chi connectivity index (χ2n) is 5.41. The highest BCUT2D eigenvalue weighted by Crippen LogP contribution is 2.15. The van der Waals surface area contributed by atoms with E-state index in [1.165, 1.54) is 0 Å². The van der Waals surface area contributed by atoms with Gasteiger partial charge in [-0.15, -0.1) is 0 Å². The molecule has 7 heteroatoms. The van der Waals surface area contributed by atoms with Crippen molar-refractivity contribution in [1.82, 2.24) is 19.9 Å². The summed E-state index contributed by atoms with van der Waals surface area (Å²) in [6, 6.07) is 3.34. The summed E-state index contributed by atoms with van der Waals surface area (Å²) in [6.07, 6.45) is 6.09. The van der Waals surface area contributed by atoms with E-state index in [0.29, 0.717) is 37.7 Å². The van der Waals surface area contributed by atoms with Crippen LogP contribution in [0.15, 0.2) is 30.7 Å². The van der Waals surface area contributed by atoms with E-state index in [4.69, 9.17) is 9.47 Å². The molecule has 0 radical (unpaired) electrons. The van der Waals surface area contributed by atoms with E-state index in [1.54, 1.807) is 24.5 Å². The van der Waals surface area contributed by atoms with E-state index < -0.39 is 0 Å². The van der Waals surface area contributed by atoms with Crippen molar-refractivity contribution in [3.8, 4) is 5.88 Å². The first-order valence-electron chi connectivity index (χ1n) is 7.69. The third-order valence-corrected chi connectivity index (χ3v) is 3.73. The van der Waals surface area contributed by atoms with Gasteiger partial charge in [0.05, 0.1) is 13.2 Å². The highest BCUT2D eigenvalue weighted by Gasteiger charge is 2.18. The Labute approximate surface area is 134 Å². The van der Waals surface area contributed by atoms with Gasteiger partial charge >= 0.3 is 0 Å². The van der Waals surface area contributed by atoms with E-state index >= 15 is 0 Å². The smallest absolute Gasteiger partial charge is 0.251 e. The van der Waals surface area contributed by atoms with Crippen molar-refractivity contribution in [2.24, 2.45) is 0 Å². The van der Waals surface area contributed by atoms with Gasteiger partial charge in [0.15, 0.2) is 0 Å². The fourth-order valence-electron chi connectivity index (χ4n) is 2.42. The number of rotatable bonds is 6. The summed E-state index contributed by atoms with van der Waals surface area (Å²) in [6.45, 7) is 4.43. The zero-order valence-corrected chi connectivity index (χ0v) is 13.1. The molecule has 0 aromatic carbocycles. The SMILES string of the molecule is Cc1nccn1CCNC(=O)c1ccnc(OC2CCOC2)c1. The van der Waals surface area contributed by atoms with Gasteiger partial charge in [-0.25, -0.2) is 9.97 Å². The first-order valence-corrected chi connectivity index (χ1v) is 7.69. The van der Waals surface area contributed by atoms with Gasteiger partial charge < -0.3 is 19.4 Å². The van der Waals surface area contributed by atoms with Crippen LogP contribution >= 0.6 is 0 Å². The molecule has 1 unspecified atom stereocenters. The zero-order valence-electron chi connectivity index (χ0n) is 13.1. The standard InChI is InChI=1S/C16H20N4O3/c1-12-17-5-7-20(12)8-6-19-16(21)13-2-4-18-15(10-13)23-14-3-9-22-11-14/h2,4-5,7,10,14H,3,6,8-9,11H2,1H3,(H,19,21). The number of hydrogen-bond acceptors (Lipinski definition) is 5. The van der Waals surface area contributed by atoms with Gasteiger partial charge in [0.2, 0.25) is 5.88 Å². The molecule has 7 nitrogen and oxygen atoms in total. The molecule has 3 rings (SSSR count). The minimum atomic E-state index is -0.141. The van der Waals surface area contributed by atoms with E-state index in [1.807, 2.05) is 17.7 Å². The summed E-state index contributed by atoms with van der Waals surface area (Å²) in [7, 11) is 0. The van der Waals surface area contributed by atoms with Gasteiger partial charge in [-0.05, 0) is 13.0 Å². The Balaban J connectivity index is 1.53. The molecule has 1 aliphatic rings. The van der Waals surface area contributed by atoms with Crippen LogP contribution in [0.25, 0.3) is 0 Å². The maximum Gasteiger partial charge on any atom is 0.251 e. The Kier molecular flexibility index (Phi) is 4.87. The minimum absolute atomic E-state index is 0.0185. The lowest BCUT2D eigenvalue weighted by atomic mass is 10.2. The third kappa shape index (κ3) is 4.07. The number of pyridine rings is 1. The molecule has 1 saturated heterocycles. The molecule has 1 atom stereocenters. The molecule has 0 spiro atoms. The fourth-order valence-corrected chi connectivity index (χ4v) is 2.42. The van der Waals surface area contributed by atoms with Gasteiger partial charge in [-0.2, -0.15) is 0 Å². The van der Waals surface area contributed by atoms with Crippen molar-refractivity contribution >= 4 is 5.91 Å². The predicted molar refractivity (Wildman–Crippen MR) is 83.4 cm³/mol. The number of carbonyl (C=O) groups is 1. The molecule has 3 heterocycles. The van der Waals surface area contributed by atoms with Crippen molar-refractivity contribution in [3.05, 3.63) is 42.1 Å². The van der Waals surface area contributed by atoms with Crippen LogP contribution < -0.4 is 10.1 Å². The first-order chi connectivity index (χ1) is 11.2. The molecule has 1 N–H and O–H groups in total. The lowest BCUT2D eigenvalue weighted by Gasteiger charge is -2.12.